The van der Waals surface area contributed by atoms with Gasteiger partial charge in [-0.15, -0.1) is 0 Å². The molecule has 0 bridgehead atoms. The van der Waals surface area contributed by atoms with Crippen LogP contribution in [0.25, 0.3) is 0 Å². The Morgan fingerprint density at radius 3 is 0.896 bits per heavy atom. The van der Waals surface area contributed by atoms with Crippen LogP contribution in [0.2, 0.25) is 0 Å². The van der Waals surface area contributed by atoms with Gasteiger partial charge in [-0.1, -0.05) is 84.0 Å². The van der Waals surface area contributed by atoms with Gasteiger partial charge in [-0.2, -0.15) is 0 Å². The molecule has 48 heavy (non-hydrogen) atoms. The first-order chi connectivity index (χ1) is 23.5. The van der Waals surface area contributed by atoms with Gasteiger partial charge in [0.05, 0.1) is 106 Å². The highest BCUT2D eigenvalue weighted by Gasteiger charge is 2.15. The lowest BCUT2D eigenvalue weighted by molar-refractivity contribution is -0.160. The third kappa shape index (κ3) is 43.1. The summed E-state index contributed by atoms with van der Waals surface area (Å²) in [7, 11) is 0. The molecule has 0 rings (SSSR count). The molecule has 0 saturated carbocycles. The first kappa shape index (κ1) is 47.1. The number of hydrogen-bond acceptors (Lipinski definition) is 11. The second-order valence-electron chi connectivity index (χ2n) is 12.8. The maximum Gasteiger partial charge on any atom is 0.332 e. The van der Waals surface area contributed by atoms with Crippen LogP contribution in [0.5, 0.6) is 0 Å². The molecule has 11 nitrogen and oxygen atoms in total. The van der Waals surface area contributed by atoms with Crippen molar-refractivity contribution in [3.8, 4) is 0 Å². The van der Waals surface area contributed by atoms with Gasteiger partial charge in [0.1, 0.15) is 12.2 Å². The number of rotatable bonds is 40. The van der Waals surface area contributed by atoms with Gasteiger partial charge in [0.2, 0.25) is 0 Å². The van der Waals surface area contributed by atoms with Crippen LogP contribution >= 0.6 is 0 Å². The van der Waals surface area contributed by atoms with E-state index in [1.807, 2.05) is 20.8 Å². The third-order valence-corrected chi connectivity index (χ3v) is 7.01. The van der Waals surface area contributed by atoms with Crippen LogP contribution < -0.4 is 0 Å². The van der Waals surface area contributed by atoms with Crippen LogP contribution in [0.15, 0.2) is 0 Å². The molecule has 0 aliphatic rings. The summed E-state index contributed by atoms with van der Waals surface area (Å²) in [5, 5.41) is 0. The Balaban J connectivity index is 3.09. The molecule has 0 aromatic rings. The summed E-state index contributed by atoms with van der Waals surface area (Å²) in [6, 6.07) is 0. The minimum absolute atomic E-state index is 0.0763. The fraction of sp³-hybridized carbons (Fsp3) is 0.973. The Bertz CT molecular complexity index is 631. The van der Waals surface area contributed by atoms with E-state index in [0.29, 0.717) is 106 Å². The predicted molar refractivity (Wildman–Crippen MR) is 189 cm³/mol. The van der Waals surface area contributed by atoms with E-state index in [4.69, 9.17) is 47.4 Å². The molecule has 0 amide bonds. The predicted octanol–water partition coefficient (Wildman–Crippen LogP) is 6.57. The van der Waals surface area contributed by atoms with Crippen LogP contribution in [-0.2, 0) is 52.2 Å². The normalized spacial score (nSPS) is 11.8. The lowest BCUT2D eigenvalue weighted by Gasteiger charge is -2.19. The van der Waals surface area contributed by atoms with E-state index in [9.17, 15) is 4.79 Å². The molecule has 0 atom stereocenters. The van der Waals surface area contributed by atoms with Gasteiger partial charge in [0.25, 0.3) is 0 Å². The highest BCUT2D eigenvalue weighted by Crippen LogP contribution is 2.12. The standard InChI is InChI=1S/C37H74O11/c1-5-6-7-8-9-10-11-12-13-14-15-16-17-18-39-19-20-40-21-22-41-23-24-42-25-26-43-27-28-44-29-30-45-31-32-46-33-34-47-35-36(38)48-37(2,3)4/h5-35H2,1-4H3. The highest BCUT2D eigenvalue weighted by atomic mass is 16.6. The summed E-state index contributed by atoms with van der Waals surface area (Å²) >= 11 is 0. The molecule has 0 aromatic carbocycles. The summed E-state index contributed by atoms with van der Waals surface area (Å²) in [6.45, 7) is 16.6. The zero-order chi connectivity index (χ0) is 35.1. The first-order valence-electron chi connectivity index (χ1n) is 18.9. The summed E-state index contributed by atoms with van der Waals surface area (Å²) in [4.78, 5) is 11.5. The molecule has 0 aromatic heterocycles. The van der Waals surface area contributed by atoms with Crippen molar-refractivity contribution in [1.29, 1.82) is 0 Å². The van der Waals surface area contributed by atoms with Gasteiger partial charge in [-0.25, -0.2) is 4.79 Å². The topological polar surface area (TPSA) is 109 Å². The summed E-state index contributed by atoms with van der Waals surface area (Å²) < 4.78 is 54.4. The van der Waals surface area contributed by atoms with Gasteiger partial charge in [0, 0.05) is 6.61 Å². The zero-order valence-electron chi connectivity index (χ0n) is 31.4. The van der Waals surface area contributed by atoms with E-state index in [1.54, 1.807) is 0 Å². The lowest BCUT2D eigenvalue weighted by Crippen LogP contribution is -2.27. The maximum atomic E-state index is 11.5. The molecule has 0 heterocycles. The highest BCUT2D eigenvalue weighted by molar-refractivity contribution is 5.71. The number of unbranched alkanes of at least 4 members (excludes halogenated alkanes) is 12. The van der Waals surface area contributed by atoms with Crippen LogP contribution in [0.4, 0.5) is 0 Å². The fourth-order valence-corrected chi connectivity index (χ4v) is 4.51. The Hall–Kier alpha value is -0.890. The van der Waals surface area contributed by atoms with Crippen molar-refractivity contribution in [3.63, 3.8) is 0 Å². The number of hydrogen-bond donors (Lipinski definition) is 0. The average Bonchev–Trinajstić information content (AvgIpc) is 3.05. The lowest BCUT2D eigenvalue weighted by atomic mass is 10.0. The second-order valence-corrected chi connectivity index (χ2v) is 12.8. The molecule has 288 valence electrons. The zero-order valence-corrected chi connectivity index (χ0v) is 31.4. The van der Waals surface area contributed by atoms with E-state index in [1.165, 1.54) is 77.0 Å². The Morgan fingerprint density at radius 1 is 0.354 bits per heavy atom. The van der Waals surface area contributed by atoms with Crippen LogP contribution in [0.3, 0.4) is 0 Å². The largest absolute Gasteiger partial charge is 0.458 e. The number of carbonyl (C=O) groups is 1. The van der Waals surface area contributed by atoms with Gasteiger partial charge in [-0.3, -0.25) is 0 Å². The van der Waals surface area contributed by atoms with Crippen molar-refractivity contribution < 1.29 is 52.2 Å². The SMILES string of the molecule is CCCCCCCCCCCCCCCOCCOCCOCCOCCOCCOCCOCCOCCOCC(=O)OC(C)(C)C. The molecule has 0 aliphatic heterocycles. The van der Waals surface area contributed by atoms with E-state index < -0.39 is 5.60 Å². The van der Waals surface area contributed by atoms with Crippen molar-refractivity contribution in [2.24, 2.45) is 0 Å². The van der Waals surface area contributed by atoms with E-state index >= 15 is 0 Å². The Morgan fingerprint density at radius 2 is 0.604 bits per heavy atom. The number of carbonyl (C=O) groups excluding carboxylic acids is 1. The summed E-state index contributed by atoms with van der Waals surface area (Å²) in [5.74, 6) is -0.380. The third-order valence-electron chi connectivity index (χ3n) is 7.01. The smallest absolute Gasteiger partial charge is 0.332 e. The molecular weight excluding hydrogens is 620 g/mol. The molecule has 0 saturated heterocycles. The first-order valence-corrected chi connectivity index (χ1v) is 18.9. The van der Waals surface area contributed by atoms with Gasteiger partial charge in [0.15, 0.2) is 0 Å². The summed E-state index contributed by atoms with van der Waals surface area (Å²) in [5.41, 5.74) is -0.505. The monoisotopic (exact) mass is 695 g/mol. The summed E-state index contributed by atoms with van der Waals surface area (Å²) in [6.07, 6.45) is 17.8. The number of ether oxygens (including phenoxy) is 10. The number of esters is 1. The van der Waals surface area contributed by atoms with E-state index in [0.717, 1.165) is 13.0 Å². The quantitative estimate of drug-likeness (QED) is 0.0513. The van der Waals surface area contributed by atoms with Crippen LogP contribution in [0.1, 0.15) is 111 Å². The van der Waals surface area contributed by atoms with Crippen LogP contribution in [0, 0.1) is 0 Å². The molecule has 0 aliphatic carbocycles. The van der Waals surface area contributed by atoms with Gasteiger partial charge in [-0.05, 0) is 27.2 Å². The molecule has 11 heteroatoms. The van der Waals surface area contributed by atoms with Gasteiger partial charge < -0.3 is 47.4 Å². The maximum absolute atomic E-state index is 11.5. The second kappa shape index (κ2) is 38.9. The Labute approximate surface area is 293 Å². The fourth-order valence-electron chi connectivity index (χ4n) is 4.51. The molecule has 0 fully saturated rings. The van der Waals surface area contributed by atoms with E-state index in [2.05, 4.69) is 6.92 Å². The Kier molecular flexibility index (Phi) is 38.2. The molecular formula is C37H74O11. The van der Waals surface area contributed by atoms with E-state index in [-0.39, 0.29) is 12.6 Å². The molecule has 0 N–H and O–H groups in total. The average molecular weight is 695 g/mol. The van der Waals surface area contributed by atoms with Crippen molar-refractivity contribution in [3.05, 3.63) is 0 Å². The molecule has 0 unspecified atom stereocenters. The van der Waals surface area contributed by atoms with Crippen LogP contribution in [-0.4, -0.2) is 130 Å². The van der Waals surface area contributed by atoms with Crippen molar-refractivity contribution in [2.75, 3.05) is 119 Å². The van der Waals surface area contributed by atoms with Crippen molar-refractivity contribution in [1.82, 2.24) is 0 Å². The molecule has 0 radical (unpaired) electrons. The minimum Gasteiger partial charge on any atom is -0.458 e. The van der Waals surface area contributed by atoms with Crippen molar-refractivity contribution in [2.45, 2.75) is 117 Å². The molecule has 0 spiro atoms. The van der Waals surface area contributed by atoms with Crippen molar-refractivity contribution >= 4 is 5.97 Å². The van der Waals surface area contributed by atoms with Gasteiger partial charge >= 0.3 is 5.97 Å². The minimum atomic E-state index is -0.505.